The fourth-order valence-corrected chi connectivity index (χ4v) is 2.03. The standard InChI is InChI=1S/C13H12N2O2/c16-8-13(17)11-7-15(9-5-6-9)12-4-2-1-3-10(12)14-11/h1-4,7-9,14H,5-6H2. The molecule has 1 aliphatic carbocycles. The van der Waals surface area contributed by atoms with Crippen LogP contribution in [0.5, 0.6) is 0 Å². The highest BCUT2D eigenvalue weighted by Gasteiger charge is 2.32. The van der Waals surface area contributed by atoms with Crippen molar-refractivity contribution in [3.05, 3.63) is 36.2 Å². The molecule has 3 rings (SSSR count). The molecule has 1 N–H and O–H groups in total. The van der Waals surface area contributed by atoms with Gasteiger partial charge in [0, 0.05) is 12.2 Å². The number of Topliss-reactive ketones (excluding diaryl/α,β-unsaturated/α-hetero) is 1. The summed E-state index contributed by atoms with van der Waals surface area (Å²) in [5.41, 5.74) is 2.30. The Morgan fingerprint density at radius 2 is 2.12 bits per heavy atom. The molecular weight excluding hydrogens is 216 g/mol. The van der Waals surface area contributed by atoms with Crippen LogP contribution in [0.4, 0.5) is 11.4 Å². The molecule has 4 nitrogen and oxygen atoms in total. The smallest absolute Gasteiger partial charge is 0.242 e. The molecule has 1 saturated carbocycles. The summed E-state index contributed by atoms with van der Waals surface area (Å²) in [7, 11) is 0. The minimum Gasteiger partial charge on any atom is -0.349 e. The number of aldehydes is 1. The van der Waals surface area contributed by atoms with Crippen LogP contribution in [0, 0.1) is 0 Å². The molecule has 1 fully saturated rings. The van der Waals surface area contributed by atoms with Crippen LogP contribution in [0.3, 0.4) is 0 Å². The van der Waals surface area contributed by atoms with Crippen LogP contribution < -0.4 is 10.2 Å². The molecule has 0 spiro atoms. The maximum Gasteiger partial charge on any atom is 0.242 e. The lowest BCUT2D eigenvalue weighted by Gasteiger charge is -2.29. The summed E-state index contributed by atoms with van der Waals surface area (Å²) in [6.45, 7) is 0. The van der Waals surface area contributed by atoms with Gasteiger partial charge in [0.2, 0.25) is 5.78 Å². The summed E-state index contributed by atoms with van der Waals surface area (Å²) in [5, 5.41) is 3.00. The van der Waals surface area contributed by atoms with Crippen molar-refractivity contribution in [3.8, 4) is 0 Å². The van der Waals surface area contributed by atoms with Gasteiger partial charge in [-0.25, -0.2) is 0 Å². The number of nitrogens with one attached hydrogen (secondary N) is 1. The van der Waals surface area contributed by atoms with Gasteiger partial charge in [-0.3, -0.25) is 9.59 Å². The predicted octanol–water partition coefficient (Wildman–Crippen LogP) is 1.69. The Morgan fingerprint density at radius 1 is 1.35 bits per heavy atom. The van der Waals surface area contributed by atoms with Crippen molar-refractivity contribution >= 4 is 23.4 Å². The zero-order chi connectivity index (χ0) is 11.8. The molecule has 1 aromatic carbocycles. The molecule has 0 unspecified atom stereocenters. The number of carbonyl (C=O) groups is 2. The minimum atomic E-state index is -0.509. The third-order valence-corrected chi connectivity index (χ3v) is 3.03. The highest BCUT2D eigenvalue weighted by molar-refractivity contribution is 6.34. The Balaban J connectivity index is 2.02. The predicted molar refractivity (Wildman–Crippen MR) is 64.7 cm³/mol. The van der Waals surface area contributed by atoms with E-state index in [0.717, 1.165) is 24.2 Å². The number of anilines is 2. The molecule has 4 heteroatoms. The van der Waals surface area contributed by atoms with Crippen LogP contribution in [-0.2, 0) is 9.59 Å². The number of para-hydroxylation sites is 2. The molecular formula is C13H12N2O2. The Labute approximate surface area is 98.9 Å². The minimum absolute atomic E-state index is 0.345. The first-order valence-corrected chi connectivity index (χ1v) is 5.65. The number of hydrogen-bond acceptors (Lipinski definition) is 4. The Hall–Kier alpha value is -2.10. The van der Waals surface area contributed by atoms with E-state index in [0.29, 0.717) is 18.0 Å². The Bertz CT molecular complexity index is 518. The maximum absolute atomic E-state index is 11.4. The lowest BCUT2D eigenvalue weighted by Crippen LogP contribution is -2.28. The van der Waals surface area contributed by atoms with E-state index in [2.05, 4.69) is 10.2 Å². The van der Waals surface area contributed by atoms with Gasteiger partial charge in [-0.2, -0.15) is 0 Å². The fourth-order valence-electron chi connectivity index (χ4n) is 2.03. The topological polar surface area (TPSA) is 49.4 Å². The van der Waals surface area contributed by atoms with Gasteiger partial charge >= 0.3 is 0 Å². The zero-order valence-corrected chi connectivity index (χ0v) is 9.22. The van der Waals surface area contributed by atoms with E-state index in [9.17, 15) is 9.59 Å². The summed E-state index contributed by atoms with van der Waals surface area (Å²) in [4.78, 5) is 24.1. The van der Waals surface area contributed by atoms with E-state index < -0.39 is 5.78 Å². The fraction of sp³-hybridized carbons (Fsp3) is 0.231. The normalized spacial score (nSPS) is 17.9. The van der Waals surface area contributed by atoms with Gasteiger partial charge in [0.1, 0.15) is 5.70 Å². The highest BCUT2D eigenvalue weighted by atomic mass is 16.2. The van der Waals surface area contributed by atoms with E-state index in [1.807, 2.05) is 24.3 Å². The number of carbonyl (C=O) groups excluding carboxylic acids is 2. The third-order valence-electron chi connectivity index (χ3n) is 3.03. The maximum atomic E-state index is 11.4. The molecule has 1 aliphatic heterocycles. The summed E-state index contributed by atoms with van der Waals surface area (Å²) in [6, 6.07) is 8.27. The van der Waals surface area contributed by atoms with Gasteiger partial charge in [-0.05, 0) is 25.0 Å². The second-order valence-corrected chi connectivity index (χ2v) is 4.31. The van der Waals surface area contributed by atoms with E-state index in [1.54, 1.807) is 6.20 Å². The van der Waals surface area contributed by atoms with Crippen molar-refractivity contribution in [2.75, 3.05) is 10.2 Å². The summed E-state index contributed by atoms with van der Waals surface area (Å²) in [5.74, 6) is -0.509. The van der Waals surface area contributed by atoms with Crippen LogP contribution >= 0.6 is 0 Å². The first-order chi connectivity index (χ1) is 8.29. The van der Waals surface area contributed by atoms with Gasteiger partial charge in [0.05, 0.1) is 11.4 Å². The average Bonchev–Trinajstić information content (AvgIpc) is 3.20. The third kappa shape index (κ3) is 1.71. The molecule has 0 radical (unpaired) electrons. The number of hydrogen-bond donors (Lipinski definition) is 1. The SMILES string of the molecule is O=CC(=O)C1=CN(C2CC2)c2ccccc2N1. The van der Waals surface area contributed by atoms with Gasteiger partial charge in [0.25, 0.3) is 0 Å². The molecule has 0 amide bonds. The number of rotatable bonds is 3. The summed E-state index contributed by atoms with van der Waals surface area (Å²) >= 11 is 0. The van der Waals surface area contributed by atoms with E-state index in [-0.39, 0.29) is 0 Å². The van der Waals surface area contributed by atoms with Crippen LogP contribution in [0.25, 0.3) is 0 Å². The van der Waals surface area contributed by atoms with Crippen molar-refractivity contribution < 1.29 is 9.59 Å². The van der Waals surface area contributed by atoms with Crippen LogP contribution in [0.2, 0.25) is 0 Å². The average molecular weight is 228 g/mol. The molecule has 0 atom stereocenters. The first-order valence-electron chi connectivity index (χ1n) is 5.65. The number of ketones is 1. The zero-order valence-electron chi connectivity index (χ0n) is 9.22. The first kappa shape index (κ1) is 10.1. The Kier molecular flexibility index (Phi) is 2.21. The molecule has 1 heterocycles. The molecule has 17 heavy (non-hydrogen) atoms. The van der Waals surface area contributed by atoms with Crippen LogP contribution in [0.15, 0.2) is 36.2 Å². The van der Waals surface area contributed by atoms with Crippen molar-refractivity contribution in [3.63, 3.8) is 0 Å². The van der Waals surface area contributed by atoms with E-state index in [4.69, 9.17) is 0 Å². The second kappa shape index (κ2) is 3.73. The van der Waals surface area contributed by atoms with E-state index >= 15 is 0 Å². The number of nitrogens with zero attached hydrogens (tertiary/aromatic N) is 1. The summed E-state index contributed by atoms with van der Waals surface area (Å²) in [6.07, 6.45) is 4.36. The molecule has 0 aromatic heterocycles. The summed E-state index contributed by atoms with van der Waals surface area (Å²) < 4.78 is 0. The molecule has 0 bridgehead atoms. The molecule has 0 saturated heterocycles. The van der Waals surface area contributed by atoms with Gasteiger partial charge in [0.15, 0.2) is 6.29 Å². The number of allylic oxidation sites excluding steroid dienone is 1. The molecule has 2 aliphatic rings. The van der Waals surface area contributed by atoms with Crippen molar-refractivity contribution in [2.24, 2.45) is 0 Å². The molecule has 86 valence electrons. The largest absolute Gasteiger partial charge is 0.349 e. The van der Waals surface area contributed by atoms with Crippen LogP contribution in [-0.4, -0.2) is 18.1 Å². The monoisotopic (exact) mass is 228 g/mol. The lowest BCUT2D eigenvalue weighted by atomic mass is 10.1. The van der Waals surface area contributed by atoms with Gasteiger partial charge in [-0.1, -0.05) is 12.1 Å². The quantitative estimate of drug-likeness (QED) is 0.631. The van der Waals surface area contributed by atoms with Gasteiger partial charge < -0.3 is 10.2 Å². The number of fused-ring (bicyclic) bond motifs is 1. The Morgan fingerprint density at radius 3 is 2.82 bits per heavy atom. The van der Waals surface area contributed by atoms with Crippen molar-refractivity contribution in [1.82, 2.24) is 0 Å². The van der Waals surface area contributed by atoms with Gasteiger partial charge in [-0.15, -0.1) is 0 Å². The van der Waals surface area contributed by atoms with E-state index in [1.165, 1.54) is 0 Å². The van der Waals surface area contributed by atoms with Crippen molar-refractivity contribution in [2.45, 2.75) is 18.9 Å². The molecule has 1 aromatic rings. The highest BCUT2D eigenvalue weighted by Crippen LogP contribution is 2.39. The second-order valence-electron chi connectivity index (χ2n) is 4.31. The van der Waals surface area contributed by atoms with Crippen LogP contribution in [0.1, 0.15) is 12.8 Å². The number of benzene rings is 1. The van der Waals surface area contributed by atoms with Crippen molar-refractivity contribution in [1.29, 1.82) is 0 Å². The lowest BCUT2D eigenvalue weighted by molar-refractivity contribution is -0.127.